The Kier molecular flexibility index (Phi) is 5.74. The minimum Gasteiger partial charge on any atom is -0.369 e. The molecule has 1 aliphatic heterocycles. The highest BCUT2D eigenvalue weighted by Gasteiger charge is 2.26. The summed E-state index contributed by atoms with van der Waals surface area (Å²) in [6.07, 6.45) is 6.55. The van der Waals surface area contributed by atoms with Gasteiger partial charge in [-0.15, -0.1) is 0 Å². The second-order valence-corrected chi connectivity index (χ2v) is 7.42. The molecule has 3 N–H and O–H groups in total. The standard InChI is InChI=1S/C20H29N3O2/c1-14(16-9-8-15-5-2-3-6-17(15)11-16)22-12-19(24)23-10-4-7-18(13-23)20(21)25/h8-9,11,14,18,22H,2-7,10,12-13H2,1H3,(H2,21,25)/t14-,18+/m1/s1. The average molecular weight is 343 g/mol. The maximum atomic E-state index is 12.4. The molecule has 0 saturated carbocycles. The monoisotopic (exact) mass is 343 g/mol. The zero-order chi connectivity index (χ0) is 17.8. The van der Waals surface area contributed by atoms with E-state index in [1.165, 1.54) is 36.0 Å². The lowest BCUT2D eigenvalue weighted by Crippen LogP contribution is -2.47. The summed E-state index contributed by atoms with van der Waals surface area (Å²) in [4.78, 5) is 25.6. The summed E-state index contributed by atoms with van der Waals surface area (Å²) in [6, 6.07) is 6.84. The first kappa shape index (κ1) is 17.9. The van der Waals surface area contributed by atoms with Gasteiger partial charge in [-0.3, -0.25) is 9.59 Å². The number of carbonyl (C=O) groups excluding carboxylic acids is 2. The van der Waals surface area contributed by atoms with Crippen molar-refractivity contribution in [1.82, 2.24) is 10.2 Å². The number of nitrogens with one attached hydrogen (secondary N) is 1. The molecule has 2 atom stereocenters. The van der Waals surface area contributed by atoms with Crippen molar-refractivity contribution in [3.8, 4) is 0 Å². The normalized spacial score (nSPS) is 21.5. The highest BCUT2D eigenvalue weighted by Crippen LogP contribution is 2.24. The molecular formula is C20H29N3O2. The SMILES string of the molecule is C[C@@H](NCC(=O)N1CCC[C@H](C(N)=O)C1)c1ccc2c(c1)CCCC2. The minimum atomic E-state index is -0.298. The first-order chi connectivity index (χ1) is 12.0. The number of primary amides is 1. The molecule has 0 bridgehead atoms. The number of benzene rings is 1. The van der Waals surface area contributed by atoms with Crippen molar-refractivity contribution >= 4 is 11.8 Å². The Morgan fingerprint density at radius 1 is 1.24 bits per heavy atom. The van der Waals surface area contributed by atoms with E-state index >= 15 is 0 Å². The molecule has 1 fully saturated rings. The van der Waals surface area contributed by atoms with Gasteiger partial charge in [-0.1, -0.05) is 18.2 Å². The number of fused-ring (bicyclic) bond motifs is 1. The summed E-state index contributed by atoms with van der Waals surface area (Å²) < 4.78 is 0. The van der Waals surface area contributed by atoms with Gasteiger partial charge in [-0.05, 0) is 62.1 Å². The van der Waals surface area contributed by atoms with Gasteiger partial charge < -0.3 is 16.0 Å². The van der Waals surface area contributed by atoms with E-state index in [0.717, 1.165) is 25.8 Å². The van der Waals surface area contributed by atoms with Gasteiger partial charge in [0.1, 0.15) is 0 Å². The summed E-state index contributed by atoms with van der Waals surface area (Å²) in [5.74, 6) is -0.445. The molecule has 0 unspecified atom stereocenters. The van der Waals surface area contributed by atoms with E-state index in [1.807, 2.05) is 0 Å². The molecule has 5 heteroatoms. The number of nitrogens with two attached hydrogens (primary N) is 1. The van der Waals surface area contributed by atoms with Gasteiger partial charge in [0, 0.05) is 19.1 Å². The van der Waals surface area contributed by atoms with Gasteiger partial charge in [-0.25, -0.2) is 0 Å². The second-order valence-electron chi connectivity index (χ2n) is 7.42. The lowest BCUT2D eigenvalue weighted by atomic mass is 9.89. The van der Waals surface area contributed by atoms with Crippen LogP contribution in [-0.2, 0) is 22.4 Å². The fraction of sp³-hybridized carbons (Fsp3) is 0.600. The molecule has 1 aliphatic carbocycles. The molecule has 2 aliphatic rings. The lowest BCUT2D eigenvalue weighted by Gasteiger charge is -2.31. The Hall–Kier alpha value is -1.88. The van der Waals surface area contributed by atoms with E-state index in [2.05, 4.69) is 30.4 Å². The number of amides is 2. The van der Waals surface area contributed by atoms with Crippen LogP contribution < -0.4 is 11.1 Å². The van der Waals surface area contributed by atoms with Crippen molar-refractivity contribution in [2.75, 3.05) is 19.6 Å². The lowest BCUT2D eigenvalue weighted by molar-refractivity contribution is -0.134. The topological polar surface area (TPSA) is 75.4 Å². The smallest absolute Gasteiger partial charge is 0.236 e. The van der Waals surface area contributed by atoms with Crippen LogP contribution >= 0.6 is 0 Å². The summed E-state index contributed by atoms with van der Waals surface area (Å²) >= 11 is 0. The first-order valence-electron chi connectivity index (χ1n) is 9.47. The molecule has 136 valence electrons. The summed E-state index contributed by atoms with van der Waals surface area (Å²) in [5, 5.41) is 3.34. The Bertz CT molecular complexity index is 644. The summed E-state index contributed by atoms with van der Waals surface area (Å²) in [6.45, 7) is 3.57. The average Bonchev–Trinajstić information content (AvgIpc) is 2.65. The van der Waals surface area contributed by atoms with Crippen LogP contribution in [0.2, 0.25) is 0 Å². The Balaban J connectivity index is 1.54. The molecule has 25 heavy (non-hydrogen) atoms. The van der Waals surface area contributed by atoms with Crippen molar-refractivity contribution in [1.29, 1.82) is 0 Å². The second kappa shape index (κ2) is 8.00. The third-order valence-corrected chi connectivity index (χ3v) is 5.61. The number of aryl methyl sites for hydroxylation is 2. The quantitative estimate of drug-likeness (QED) is 0.858. The molecule has 0 aromatic heterocycles. The number of hydrogen-bond donors (Lipinski definition) is 2. The Morgan fingerprint density at radius 2 is 2.00 bits per heavy atom. The molecule has 1 saturated heterocycles. The van der Waals surface area contributed by atoms with Crippen LogP contribution in [0.3, 0.4) is 0 Å². The fourth-order valence-corrected chi connectivity index (χ4v) is 3.93. The zero-order valence-corrected chi connectivity index (χ0v) is 15.1. The fourth-order valence-electron chi connectivity index (χ4n) is 3.93. The number of likely N-dealkylation sites (tertiary alicyclic amines) is 1. The summed E-state index contributed by atoms with van der Waals surface area (Å²) in [5.41, 5.74) is 9.57. The number of carbonyl (C=O) groups is 2. The predicted octanol–water partition coefficient (Wildman–Crippen LogP) is 1.94. The number of rotatable bonds is 5. The molecule has 2 amide bonds. The van der Waals surface area contributed by atoms with Crippen LogP contribution in [0.5, 0.6) is 0 Å². The minimum absolute atomic E-state index is 0.0516. The molecule has 1 aromatic carbocycles. The number of hydrogen-bond acceptors (Lipinski definition) is 3. The van der Waals surface area contributed by atoms with Gasteiger partial charge in [0.15, 0.2) is 0 Å². The van der Waals surface area contributed by atoms with E-state index in [-0.39, 0.29) is 23.8 Å². The Labute approximate surface area is 150 Å². The van der Waals surface area contributed by atoms with Crippen molar-refractivity contribution in [2.24, 2.45) is 11.7 Å². The molecule has 1 heterocycles. The molecule has 0 radical (unpaired) electrons. The van der Waals surface area contributed by atoms with Gasteiger partial charge in [-0.2, -0.15) is 0 Å². The zero-order valence-electron chi connectivity index (χ0n) is 15.1. The van der Waals surface area contributed by atoms with E-state index in [9.17, 15) is 9.59 Å². The van der Waals surface area contributed by atoms with E-state index in [1.54, 1.807) is 4.90 Å². The van der Waals surface area contributed by atoms with Crippen LogP contribution in [-0.4, -0.2) is 36.3 Å². The largest absolute Gasteiger partial charge is 0.369 e. The maximum absolute atomic E-state index is 12.4. The highest BCUT2D eigenvalue weighted by molar-refractivity contribution is 5.81. The number of nitrogens with zero attached hydrogens (tertiary/aromatic N) is 1. The molecule has 1 aromatic rings. The van der Waals surface area contributed by atoms with Crippen LogP contribution in [0, 0.1) is 5.92 Å². The van der Waals surface area contributed by atoms with Crippen molar-refractivity contribution < 1.29 is 9.59 Å². The van der Waals surface area contributed by atoms with Crippen LogP contribution in [0.25, 0.3) is 0 Å². The van der Waals surface area contributed by atoms with E-state index in [4.69, 9.17) is 5.73 Å². The van der Waals surface area contributed by atoms with Crippen molar-refractivity contribution in [2.45, 2.75) is 51.5 Å². The third-order valence-electron chi connectivity index (χ3n) is 5.61. The third kappa shape index (κ3) is 4.40. The van der Waals surface area contributed by atoms with Gasteiger partial charge in [0.05, 0.1) is 12.5 Å². The van der Waals surface area contributed by atoms with Gasteiger partial charge in [0.2, 0.25) is 11.8 Å². The number of piperidine rings is 1. The summed E-state index contributed by atoms with van der Waals surface area (Å²) in [7, 11) is 0. The highest BCUT2D eigenvalue weighted by atomic mass is 16.2. The maximum Gasteiger partial charge on any atom is 0.236 e. The molecular weight excluding hydrogens is 314 g/mol. The van der Waals surface area contributed by atoms with Gasteiger partial charge in [0.25, 0.3) is 0 Å². The van der Waals surface area contributed by atoms with Crippen LogP contribution in [0.1, 0.15) is 55.3 Å². The molecule has 0 spiro atoms. The molecule has 5 nitrogen and oxygen atoms in total. The van der Waals surface area contributed by atoms with E-state index < -0.39 is 0 Å². The Morgan fingerprint density at radius 3 is 2.76 bits per heavy atom. The van der Waals surface area contributed by atoms with Crippen LogP contribution in [0.15, 0.2) is 18.2 Å². The van der Waals surface area contributed by atoms with Crippen molar-refractivity contribution in [3.63, 3.8) is 0 Å². The van der Waals surface area contributed by atoms with E-state index in [0.29, 0.717) is 13.1 Å². The predicted molar refractivity (Wildman–Crippen MR) is 98.0 cm³/mol. The van der Waals surface area contributed by atoms with Gasteiger partial charge >= 0.3 is 0 Å². The van der Waals surface area contributed by atoms with Crippen molar-refractivity contribution in [3.05, 3.63) is 34.9 Å². The molecule has 3 rings (SSSR count). The van der Waals surface area contributed by atoms with Crippen LogP contribution in [0.4, 0.5) is 0 Å². The first-order valence-corrected chi connectivity index (χ1v) is 9.47.